The molecule has 1 aliphatic heterocycles. The lowest BCUT2D eigenvalue weighted by Gasteiger charge is -2.23. The van der Waals surface area contributed by atoms with Crippen molar-refractivity contribution in [3.8, 4) is 11.5 Å². The Bertz CT molecular complexity index is 1600. The quantitative estimate of drug-likeness (QED) is 0.230. The molecule has 4 aromatic rings. The Morgan fingerprint density at radius 1 is 1.10 bits per heavy atom. The third-order valence-electron chi connectivity index (χ3n) is 6.71. The van der Waals surface area contributed by atoms with Crippen molar-refractivity contribution in [2.45, 2.75) is 39.5 Å². The van der Waals surface area contributed by atoms with Crippen molar-refractivity contribution >= 4 is 40.1 Å². The van der Waals surface area contributed by atoms with Gasteiger partial charge in [-0.25, -0.2) is 14.8 Å². The van der Waals surface area contributed by atoms with E-state index in [9.17, 15) is 9.59 Å². The van der Waals surface area contributed by atoms with Crippen molar-refractivity contribution < 1.29 is 23.8 Å². The number of fused-ring (bicyclic) bond motifs is 1. The summed E-state index contributed by atoms with van der Waals surface area (Å²) in [6.07, 6.45) is 4.34. The van der Waals surface area contributed by atoms with Gasteiger partial charge in [0, 0.05) is 36.3 Å². The second-order valence-electron chi connectivity index (χ2n) is 9.60. The van der Waals surface area contributed by atoms with E-state index in [1.54, 1.807) is 18.3 Å². The van der Waals surface area contributed by atoms with Crippen LogP contribution in [0.4, 0.5) is 22.0 Å². The Morgan fingerprint density at radius 3 is 2.74 bits per heavy atom. The van der Waals surface area contributed by atoms with Gasteiger partial charge >= 0.3 is 6.09 Å². The van der Waals surface area contributed by atoms with Crippen molar-refractivity contribution in [2.75, 3.05) is 23.8 Å². The number of ether oxygens (including phenoxy) is 3. The lowest BCUT2D eigenvalue weighted by atomic mass is 10.1. The molecule has 0 unspecified atom stereocenters. The summed E-state index contributed by atoms with van der Waals surface area (Å²) in [5, 5.41) is 6.78. The molecule has 1 atom stereocenters. The van der Waals surface area contributed by atoms with E-state index in [-0.39, 0.29) is 5.91 Å². The van der Waals surface area contributed by atoms with Crippen LogP contribution in [0.3, 0.4) is 0 Å². The minimum Gasteiger partial charge on any atom is -0.492 e. The van der Waals surface area contributed by atoms with Gasteiger partial charge in [-0.05, 0) is 68.3 Å². The molecule has 2 aromatic carbocycles. The molecule has 1 aliphatic rings. The van der Waals surface area contributed by atoms with Gasteiger partial charge in [-0.2, -0.15) is 0 Å². The Hall–Kier alpha value is -5.19. The topological polar surface area (TPSA) is 128 Å². The van der Waals surface area contributed by atoms with E-state index < -0.39 is 12.3 Å². The molecule has 0 spiro atoms. The lowest BCUT2D eigenvalue weighted by molar-refractivity contribution is -0.132. The number of hydrogen-bond acceptors (Lipinski definition) is 9. The zero-order valence-electron chi connectivity index (χ0n) is 23.5. The van der Waals surface area contributed by atoms with Crippen LogP contribution in [0, 0.1) is 6.92 Å². The number of carbonyl (C=O) groups is 2. The van der Waals surface area contributed by atoms with E-state index >= 15 is 0 Å². The maximum atomic E-state index is 12.9. The van der Waals surface area contributed by atoms with Gasteiger partial charge in [0.05, 0.1) is 23.5 Å². The number of hydrogen-bond donors (Lipinski definition) is 2. The number of nitrogens with one attached hydrogen (secondary N) is 2. The first-order chi connectivity index (χ1) is 20.4. The van der Waals surface area contributed by atoms with Gasteiger partial charge < -0.3 is 24.4 Å². The van der Waals surface area contributed by atoms with Crippen LogP contribution in [-0.4, -0.2) is 51.2 Å². The molecular weight excluding hydrogens is 536 g/mol. The average Bonchev–Trinajstić information content (AvgIpc) is 3.45. The minimum atomic E-state index is -0.702. The van der Waals surface area contributed by atoms with Gasteiger partial charge in [-0.3, -0.25) is 15.1 Å². The summed E-state index contributed by atoms with van der Waals surface area (Å²) in [4.78, 5) is 39.6. The average molecular weight is 569 g/mol. The van der Waals surface area contributed by atoms with E-state index in [2.05, 4.69) is 32.2 Å². The molecule has 216 valence electrons. The molecule has 1 saturated heterocycles. The Morgan fingerprint density at radius 2 is 1.98 bits per heavy atom. The van der Waals surface area contributed by atoms with Crippen LogP contribution in [0.2, 0.25) is 0 Å². The number of benzene rings is 2. The third-order valence-corrected chi connectivity index (χ3v) is 6.71. The largest absolute Gasteiger partial charge is 0.492 e. The van der Waals surface area contributed by atoms with E-state index in [1.807, 2.05) is 50.2 Å². The molecule has 0 aliphatic carbocycles. The molecule has 3 heterocycles. The molecule has 0 saturated carbocycles. The van der Waals surface area contributed by atoms with Gasteiger partial charge in [-0.1, -0.05) is 12.6 Å². The predicted molar refractivity (Wildman–Crippen MR) is 159 cm³/mol. The van der Waals surface area contributed by atoms with Crippen LogP contribution in [0.25, 0.3) is 10.9 Å². The zero-order chi connectivity index (χ0) is 29.5. The summed E-state index contributed by atoms with van der Waals surface area (Å²) in [6.45, 7) is 8.59. The first kappa shape index (κ1) is 28.3. The summed E-state index contributed by atoms with van der Waals surface area (Å²) < 4.78 is 17.3. The van der Waals surface area contributed by atoms with Gasteiger partial charge in [0.15, 0.2) is 6.23 Å². The van der Waals surface area contributed by atoms with Crippen LogP contribution in [0.1, 0.15) is 31.0 Å². The molecule has 2 amide bonds. The van der Waals surface area contributed by atoms with Gasteiger partial charge in [0.1, 0.15) is 30.3 Å². The fraction of sp³-hybridized carbons (Fsp3) is 0.258. The molecule has 11 heteroatoms. The summed E-state index contributed by atoms with van der Waals surface area (Å²) in [6, 6.07) is 14.9. The molecule has 2 N–H and O–H groups in total. The maximum Gasteiger partial charge on any atom is 0.413 e. The van der Waals surface area contributed by atoms with E-state index in [0.29, 0.717) is 54.3 Å². The molecule has 2 aromatic heterocycles. The molecule has 0 radical (unpaired) electrons. The number of nitrogens with zero attached hydrogens (tertiary/aromatic N) is 4. The summed E-state index contributed by atoms with van der Waals surface area (Å²) in [5.74, 6) is 1.45. The standard InChI is InChI=1S/C31H32N6O5/c1-4-28(38)37-14-8-10-29(37)42-31(39)36-25-16-23-24(17-27(25)40-5-2)33-19-34-30(23)35-21-11-12-26(20(3)15-21)41-18-22-9-6-7-13-32-22/h4,6-7,9,11-13,15-17,19,29H,1,5,8,10,14,18H2,2-3H3,(H,36,39)(H,33,34,35)/t29-/m0/s1. The number of pyridine rings is 1. The SMILES string of the molecule is C=CC(=O)N1CCC[C@@H]1OC(=O)Nc1cc2c(Nc3ccc(OCc4ccccn4)c(C)c3)ncnc2cc1OCC. The Balaban J connectivity index is 1.35. The number of amides is 2. The fourth-order valence-electron chi connectivity index (χ4n) is 4.71. The zero-order valence-corrected chi connectivity index (χ0v) is 23.5. The highest BCUT2D eigenvalue weighted by Crippen LogP contribution is 2.34. The van der Waals surface area contributed by atoms with Crippen LogP contribution in [0.15, 0.2) is 73.7 Å². The smallest absolute Gasteiger partial charge is 0.413 e. The van der Waals surface area contributed by atoms with E-state index in [1.165, 1.54) is 17.3 Å². The number of carbonyl (C=O) groups excluding carboxylic acids is 2. The molecule has 1 fully saturated rings. The van der Waals surface area contributed by atoms with E-state index in [0.717, 1.165) is 29.1 Å². The van der Waals surface area contributed by atoms with Crippen molar-refractivity contribution in [2.24, 2.45) is 0 Å². The first-order valence-electron chi connectivity index (χ1n) is 13.7. The Labute approximate surface area is 243 Å². The van der Waals surface area contributed by atoms with Crippen LogP contribution in [0.5, 0.6) is 11.5 Å². The first-order valence-corrected chi connectivity index (χ1v) is 13.7. The minimum absolute atomic E-state index is 0.276. The van der Waals surface area contributed by atoms with Crippen LogP contribution >= 0.6 is 0 Å². The van der Waals surface area contributed by atoms with Gasteiger partial charge in [0.25, 0.3) is 0 Å². The highest BCUT2D eigenvalue weighted by atomic mass is 16.6. The molecule has 11 nitrogen and oxygen atoms in total. The molecule has 5 rings (SSSR count). The van der Waals surface area contributed by atoms with Crippen molar-refractivity contribution in [3.63, 3.8) is 0 Å². The normalized spacial score (nSPS) is 14.3. The van der Waals surface area contributed by atoms with E-state index in [4.69, 9.17) is 14.2 Å². The number of rotatable bonds is 10. The Kier molecular flexibility index (Phi) is 8.76. The highest BCUT2D eigenvalue weighted by molar-refractivity contribution is 5.98. The van der Waals surface area contributed by atoms with Crippen LogP contribution < -0.4 is 20.1 Å². The summed E-state index contributed by atoms with van der Waals surface area (Å²) in [7, 11) is 0. The fourth-order valence-corrected chi connectivity index (χ4v) is 4.71. The summed E-state index contributed by atoms with van der Waals surface area (Å²) in [5.41, 5.74) is 3.60. The molecule has 42 heavy (non-hydrogen) atoms. The number of anilines is 3. The number of aromatic nitrogens is 3. The molecule has 0 bridgehead atoms. The number of likely N-dealkylation sites (tertiary alicyclic amines) is 1. The second kappa shape index (κ2) is 13.0. The van der Waals surface area contributed by atoms with Crippen molar-refractivity contribution in [3.05, 3.63) is 85.0 Å². The van der Waals surface area contributed by atoms with Crippen molar-refractivity contribution in [1.29, 1.82) is 0 Å². The predicted octanol–water partition coefficient (Wildman–Crippen LogP) is 5.74. The number of aryl methyl sites for hydroxylation is 1. The third kappa shape index (κ3) is 6.57. The maximum absolute atomic E-state index is 12.9. The second-order valence-corrected chi connectivity index (χ2v) is 9.60. The van der Waals surface area contributed by atoms with Crippen LogP contribution in [-0.2, 0) is 16.1 Å². The lowest BCUT2D eigenvalue weighted by Crippen LogP contribution is -2.38. The molecular formula is C31H32N6O5. The van der Waals surface area contributed by atoms with Gasteiger partial charge in [0.2, 0.25) is 5.91 Å². The van der Waals surface area contributed by atoms with Crippen molar-refractivity contribution in [1.82, 2.24) is 19.9 Å². The summed E-state index contributed by atoms with van der Waals surface area (Å²) >= 11 is 0. The highest BCUT2D eigenvalue weighted by Gasteiger charge is 2.30. The van der Waals surface area contributed by atoms with Gasteiger partial charge in [-0.15, -0.1) is 0 Å². The monoisotopic (exact) mass is 568 g/mol.